The van der Waals surface area contributed by atoms with Gasteiger partial charge in [0.15, 0.2) is 12.0 Å². The zero-order chi connectivity index (χ0) is 32.3. The Morgan fingerprint density at radius 3 is 2.57 bits per heavy atom. The van der Waals surface area contributed by atoms with Crippen LogP contribution in [0.2, 0.25) is 0 Å². The molecule has 1 aromatic heterocycles. The van der Waals surface area contributed by atoms with Gasteiger partial charge in [0.25, 0.3) is 5.91 Å². The first kappa shape index (κ1) is 31.0. The normalized spacial score (nSPS) is 21.8. The number of rotatable bonds is 8. The first-order valence-corrected chi connectivity index (χ1v) is 16.0. The molecule has 0 bridgehead atoms. The van der Waals surface area contributed by atoms with E-state index < -0.39 is 12.3 Å². The Balaban J connectivity index is 0.960. The van der Waals surface area contributed by atoms with E-state index in [-0.39, 0.29) is 41.9 Å². The zero-order valence-electron chi connectivity index (χ0n) is 25.6. The lowest BCUT2D eigenvalue weighted by Crippen LogP contribution is -2.56. The van der Waals surface area contributed by atoms with Crippen molar-refractivity contribution in [1.82, 2.24) is 24.8 Å². The van der Waals surface area contributed by atoms with Gasteiger partial charge in [-0.15, -0.1) is 0 Å². The molecule has 4 aliphatic heterocycles. The molecule has 1 amide bonds. The molecule has 0 aliphatic carbocycles. The van der Waals surface area contributed by atoms with Crippen molar-refractivity contribution in [2.75, 3.05) is 69.2 Å². The van der Waals surface area contributed by atoms with Gasteiger partial charge in [0, 0.05) is 61.7 Å². The van der Waals surface area contributed by atoms with Gasteiger partial charge in [-0.2, -0.15) is 10.2 Å². The number of likely N-dealkylation sites (tertiary alicyclic amines) is 1. The number of anilines is 3. The van der Waals surface area contributed by atoms with Gasteiger partial charge in [-0.3, -0.25) is 14.7 Å². The number of allylic oxidation sites excluding steroid dienone is 1. The largest absolute Gasteiger partial charge is 0.486 e. The molecule has 3 fully saturated rings. The van der Waals surface area contributed by atoms with Crippen molar-refractivity contribution in [1.29, 1.82) is 5.26 Å². The van der Waals surface area contributed by atoms with Crippen LogP contribution in [0.3, 0.4) is 0 Å². The van der Waals surface area contributed by atoms with Crippen molar-refractivity contribution in [2.45, 2.75) is 24.7 Å². The SMILES string of the molecule is N#Cc1cc(-c2ncnc(Nc3ccc(N4CCN(C5COC5)CC4)cc3)n2)ccc1O[C@H]1CCN(C(=O)C2=CC(Cl)=NC2)C[C@H]1F. The Morgan fingerprint density at radius 1 is 1.09 bits per heavy atom. The molecule has 0 spiro atoms. The number of nitrogens with zero attached hydrogens (tertiary/aromatic N) is 8. The molecule has 242 valence electrons. The van der Waals surface area contributed by atoms with Crippen molar-refractivity contribution in [3.8, 4) is 23.2 Å². The highest BCUT2D eigenvalue weighted by atomic mass is 35.5. The van der Waals surface area contributed by atoms with Crippen LogP contribution >= 0.6 is 11.6 Å². The van der Waals surface area contributed by atoms with E-state index >= 15 is 4.39 Å². The maximum Gasteiger partial charge on any atom is 0.251 e. The maximum absolute atomic E-state index is 15.2. The number of carbonyl (C=O) groups is 1. The second kappa shape index (κ2) is 13.6. The number of nitriles is 1. The van der Waals surface area contributed by atoms with E-state index in [4.69, 9.17) is 21.1 Å². The molecule has 4 aliphatic rings. The molecule has 1 N–H and O–H groups in total. The number of alkyl halides is 1. The van der Waals surface area contributed by atoms with Crippen molar-refractivity contribution < 1.29 is 18.7 Å². The van der Waals surface area contributed by atoms with Crippen LogP contribution in [0.25, 0.3) is 11.4 Å². The van der Waals surface area contributed by atoms with Crippen molar-refractivity contribution >= 4 is 40.0 Å². The van der Waals surface area contributed by atoms with Gasteiger partial charge in [0.2, 0.25) is 5.95 Å². The van der Waals surface area contributed by atoms with Crippen LogP contribution in [0.4, 0.5) is 21.7 Å². The highest BCUT2D eigenvalue weighted by Gasteiger charge is 2.35. The Bertz CT molecular complexity index is 1740. The number of halogens is 2. The number of amides is 1. The Morgan fingerprint density at radius 2 is 1.89 bits per heavy atom. The molecule has 0 saturated carbocycles. The lowest BCUT2D eigenvalue weighted by molar-refractivity contribution is -0.130. The quantitative estimate of drug-likeness (QED) is 0.384. The van der Waals surface area contributed by atoms with Crippen LogP contribution in [0.15, 0.2) is 65.4 Å². The third-order valence-electron chi connectivity index (χ3n) is 8.89. The summed E-state index contributed by atoms with van der Waals surface area (Å²) in [5.41, 5.74) is 3.26. The summed E-state index contributed by atoms with van der Waals surface area (Å²) in [4.78, 5) is 36.2. The summed E-state index contributed by atoms with van der Waals surface area (Å²) in [6, 6.07) is 15.8. The summed E-state index contributed by atoms with van der Waals surface area (Å²) in [5.74, 6) is 0.715. The monoisotopic (exact) mass is 657 g/mol. The van der Waals surface area contributed by atoms with E-state index in [0.717, 1.165) is 45.1 Å². The van der Waals surface area contributed by atoms with E-state index in [1.807, 2.05) is 12.1 Å². The fraction of sp³-hybridized carbons (Fsp3) is 0.394. The zero-order valence-corrected chi connectivity index (χ0v) is 26.3. The first-order chi connectivity index (χ1) is 22.9. The van der Waals surface area contributed by atoms with Crippen molar-refractivity contribution in [3.63, 3.8) is 0 Å². The number of carbonyl (C=O) groups excluding carboxylic acids is 1. The number of nitrogens with one attached hydrogen (secondary N) is 1. The van der Waals surface area contributed by atoms with Gasteiger partial charge in [-0.05, 0) is 48.5 Å². The van der Waals surface area contributed by atoms with E-state index in [1.54, 1.807) is 18.2 Å². The second-order valence-corrected chi connectivity index (χ2v) is 12.2. The van der Waals surface area contributed by atoms with Gasteiger partial charge in [0.05, 0.1) is 37.9 Å². The van der Waals surface area contributed by atoms with Gasteiger partial charge in [0.1, 0.15) is 29.4 Å². The summed E-state index contributed by atoms with van der Waals surface area (Å²) in [6.07, 6.45) is 0.964. The molecular formula is C33H33ClFN9O3. The number of hydrogen-bond donors (Lipinski definition) is 1. The fourth-order valence-electron chi connectivity index (χ4n) is 6.11. The number of ether oxygens (including phenoxy) is 2. The molecule has 7 rings (SSSR count). The molecule has 0 radical (unpaired) electrons. The third kappa shape index (κ3) is 6.90. The topological polar surface area (TPSA) is 132 Å². The standard InChI is InChI=1S/C33H33ClFN9O3/c34-30-14-23(16-37-30)32(45)44-8-7-29(27(35)17-44)47-28-6-1-21(13-22(28)15-36)31-38-20-39-33(41-31)40-24-2-4-25(5-3-24)42-9-11-43(12-10-42)26-18-46-19-26/h1-6,13-14,20,26-27,29H,7-12,16-19H2,(H,38,39,40,41)/t27-,29+/m1/s1. The molecular weight excluding hydrogens is 625 g/mol. The predicted molar refractivity (Wildman–Crippen MR) is 175 cm³/mol. The first-order valence-electron chi connectivity index (χ1n) is 15.6. The predicted octanol–water partition coefficient (Wildman–Crippen LogP) is 3.57. The number of piperidine rings is 1. The molecule has 5 heterocycles. The van der Waals surface area contributed by atoms with Crippen molar-refractivity contribution in [2.24, 2.45) is 4.99 Å². The second-order valence-electron chi connectivity index (χ2n) is 11.9. The molecule has 3 aromatic rings. The van der Waals surface area contributed by atoms with Gasteiger partial charge in [-0.1, -0.05) is 11.6 Å². The van der Waals surface area contributed by atoms with E-state index in [2.05, 4.69) is 53.3 Å². The van der Waals surface area contributed by atoms with E-state index in [9.17, 15) is 10.1 Å². The lowest BCUT2D eigenvalue weighted by atomic mass is 10.0. The highest BCUT2D eigenvalue weighted by molar-refractivity contribution is 6.69. The van der Waals surface area contributed by atoms with Crippen LogP contribution in [0.1, 0.15) is 12.0 Å². The molecule has 47 heavy (non-hydrogen) atoms. The van der Waals surface area contributed by atoms with Gasteiger partial charge in [-0.25, -0.2) is 14.4 Å². The number of benzene rings is 2. The molecule has 12 nitrogen and oxygen atoms in total. The third-order valence-corrected chi connectivity index (χ3v) is 9.11. The minimum atomic E-state index is -1.43. The number of hydrogen-bond acceptors (Lipinski definition) is 11. The molecule has 2 atom stereocenters. The highest BCUT2D eigenvalue weighted by Crippen LogP contribution is 2.29. The Labute approximate surface area is 276 Å². The number of aliphatic imine (C=N–C) groups is 1. The molecule has 0 unspecified atom stereocenters. The van der Waals surface area contributed by atoms with Gasteiger partial charge >= 0.3 is 0 Å². The minimum Gasteiger partial charge on any atom is -0.486 e. The van der Waals surface area contributed by atoms with Crippen LogP contribution in [0.5, 0.6) is 5.75 Å². The summed E-state index contributed by atoms with van der Waals surface area (Å²) in [7, 11) is 0. The van der Waals surface area contributed by atoms with E-state index in [1.165, 1.54) is 23.0 Å². The lowest BCUT2D eigenvalue weighted by Gasteiger charge is -2.43. The Hall–Kier alpha value is -4.64. The van der Waals surface area contributed by atoms with Gasteiger partial charge < -0.3 is 24.6 Å². The molecule has 2 aromatic carbocycles. The minimum absolute atomic E-state index is 0.116. The average molecular weight is 658 g/mol. The Kier molecular flexibility index (Phi) is 8.97. The summed E-state index contributed by atoms with van der Waals surface area (Å²) >= 11 is 5.86. The molecule has 14 heteroatoms. The smallest absolute Gasteiger partial charge is 0.251 e. The van der Waals surface area contributed by atoms with Crippen LogP contribution in [-0.4, -0.2) is 113 Å². The molecule has 3 saturated heterocycles. The number of piperazine rings is 1. The summed E-state index contributed by atoms with van der Waals surface area (Å²) < 4.78 is 26.5. The van der Waals surface area contributed by atoms with Crippen molar-refractivity contribution in [3.05, 3.63) is 66.0 Å². The fourth-order valence-corrected chi connectivity index (χ4v) is 6.30. The van der Waals surface area contributed by atoms with Crippen LogP contribution in [0, 0.1) is 11.3 Å². The maximum atomic E-state index is 15.2. The summed E-state index contributed by atoms with van der Waals surface area (Å²) in [6.45, 7) is 6.11. The van der Waals surface area contributed by atoms with Crippen LogP contribution < -0.4 is 15.0 Å². The number of aromatic nitrogens is 3. The average Bonchev–Trinajstić information content (AvgIpc) is 3.51. The van der Waals surface area contributed by atoms with E-state index in [0.29, 0.717) is 35.5 Å². The summed E-state index contributed by atoms with van der Waals surface area (Å²) in [5, 5.41) is 13.4. The van der Waals surface area contributed by atoms with Crippen LogP contribution in [-0.2, 0) is 9.53 Å².